The van der Waals surface area contributed by atoms with Crippen LogP contribution >= 0.6 is 0 Å². The molecule has 0 aliphatic heterocycles. The second-order valence-corrected chi connectivity index (χ2v) is 4.52. The van der Waals surface area contributed by atoms with E-state index in [4.69, 9.17) is 13.9 Å². The highest BCUT2D eigenvalue weighted by Crippen LogP contribution is 2.33. The van der Waals surface area contributed by atoms with Gasteiger partial charge >= 0.3 is 5.63 Å². The molecule has 0 fully saturated rings. The van der Waals surface area contributed by atoms with Crippen LogP contribution in [0, 0.1) is 0 Å². The molecule has 0 aliphatic carbocycles. The normalized spacial score (nSPS) is 10.8. The molecule has 1 heterocycles. The van der Waals surface area contributed by atoms with E-state index in [1.807, 2.05) is 0 Å². The first-order valence-corrected chi connectivity index (χ1v) is 6.25. The summed E-state index contributed by atoms with van der Waals surface area (Å²) in [6, 6.07) is 8.31. The largest absolute Gasteiger partial charge is 0.497 e. The zero-order chi connectivity index (χ0) is 15.0. The topological polar surface area (TPSA) is 65.7 Å². The number of benzene rings is 2. The van der Waals surface area contributed by atoms with Crippen LogP contribution in [0.4, 0.5) is 0 Å². The van der Waals surface area contributed by atoms with Crippen LogP contribution in [0.5, 0.6) is 11.5 Å². The molecule has 0 unspecified atom stereocenters. The Bertz CT molecular complexity index is 908. The number of carbonyl (C=O) groups excluding carboxylic acids is 1. The average molecular weight is 284 g/mol. The van der Waals surface area contributed by atoms with Gasteiger partial charge in [0, 0.05) is 22.4 Å². The Balaban J connectivity index is 2.53. The summed E-state index contributed by atoms with van der Waals surface area (Å²) in [6.07, 6.45) is 0.666. The third-order valence-corrected chi connectivity index (χ3v) is 3.36. The summed E-state index contributed by atoms with van der Waals surface area (Å²) in [5.74, 6) is 1.05. The maximum Gasteiger partial charge on any atom is 0.344 e. The van der Waals surface area contributed by atoms with Crippen LogP contribution in [0.3, 0.4) is 0 Å². The summed E-state index contributed by atoms with van der Waals surface area (Å²) in [5, 5.41) is 1.66. The van der Waals surface area contributed by atoms with Crippen molar-refractivity contribution in [2.75, 3.05) is 14.2 Å². The minimum atomic E-state index is -0.521. The molecule has 5 nitrogen and oxygen atoms in total. The fraction of sp³-hybridized carbons (Fsp3) is 0.125. The van der Waals surface area contributed by atoms with E-state index in [0.717, 1.165) is 5.39 Å². The number of rotatable bonds is 3. The van der Waals surface area contributed by atoms with Crippen molar-refractivity contribution in [2.24, 2.45) is 0 Å². The van der Waals surface area contributed by atoms with Gasteiger partial charge in [-0.1, -0.05) is 0 Å². The molecule has 5 heteroatoms. The average Bonchev–Trinajstić information content (AvgIpc) is 2.53. The number of methoxy groups -OCH3 is 2. The Hall–Kier alpha value is -2.82. The molecule has 106 valence electrons. The number of hydrogen-bond donors (Lipinski definition) is 0. The van der Waals surface area contributed by atoms with Crippen LogP contribution in [0.15, 0.2) is 39.5 Å². The zero-order valence-corrected chi connectivity index (χ0v) is 11.5. The highest BCUT2D eigenvalue weighted by Gasteiger charge is 2.14. The molecule has 0 saturated carbocycles. The number of carbonyl (C=O) groups is 1. The van der Waals surface area contributed by atoms with E-state index in [1.54, 1.807) is 24.3 Å². The van der Waals surface area contributed by atoms with Crippen LogP contribution in [-0.4, -0.2) is 20.5 Å². The van der Waals surface area contributed by atoms with Gasteiger partial charge < -0.3 is 13.9 Å². The second-order valence-electron chi connectivity index (χ2n) is 4.52. The van der Waals surface area contributed by atoms with E-state index >= 15 is 0 Å². The summed E-state index contributed by atoms with van der Waals surface area (Å²) in [6.45, 7) is 0. The van der Waals surface area contributed by atoms with Crippen molar-refractivity contribution in [3.05, 3.63) is 46.3 Å². The Morgan fingerprint density at radius 1 is 1.05 bits per heavy atom. The molecule has 2 aromatic carbocycles. The van der Waals surface area contributed by atoms with Gasteiger partial charge in [-0.3, -0.25) is 4.79 Å². The minimum absolute atomic E-state index is 0.314. The monoisotopic (exact) mass is 284 g/mol. The van der Waals surface area contributed by atoms with Gasteiger partial charge in [0.15, 0.2) is 0 Å². The van der Waals surface area contributed by atoms with Crippen LogP contribution in [-0.2, 0) is 0 Å². The zero-order valence-electron chi connectivity index (χ0n) is 11.5. The van der Waals surface area contributed by atoms with E-state index < -0.39 is 5.63 Å². The van der Waals surface area contributed by atoms with E-state index in [0.29, 0.717) is 39.7 Å². The fourth-order valence-electron chi connectivity index (χ4n) is 2.38. The molecule has 0 bridgehead atoms. The van der Waals surface area contributed by atoms with Gasteiger partial charge in [0.25, 0.3) is 0 Å². The fourth-order valence-corrected chi connectivity index (χ4v) is 2.38. The number of hydrogen-bond acceptors (Lipinski definition) is 5. The lowest BCUT2D eigenvalue weighted by atomic mass is 10.0. The van der Waals surface area contributed by atoms with E-state index in [-0.39, 0.29) is 0 Å². The maximum absolute atomic E-state index is 12.1. The summed E-state index contributed by atoms with van der Waals surface area (Å²) < 4.78 is 15.8. The molecule has 0 N–H and O–H groups in total. The van der Waals surface area contributed by atoms with Gasteiger partial charge in [-0.15, -0.1) is 0 Å². The standard InChI is InChI=1S/C16H12O5/c1-19-10-3-4-11-13(7-10)21-16(18)12-5-9(8-17)6-14(20-2)15(11)12/h3-8H,1-2H3. The molecular formula is C16H12O5. The van der Waals surface area contributed by atoms with Crippen molar-refractivity contribution in [3.8, 4) is 11.5 Å². The predicted octanol–water partition coefficient (Wildman–Crippen LogP) is 2.78. The summed E-state index contributed by atoms with van der Waals surface area (Å²) in [4.78, 5) is 23.1. The van der Waals surface area contributed by atoms with E-state index in [1.165, 1.54) is 20.3 Å². The van der Waals surface area contributed by atoms with Crippen LogP contribution < -0.4 is 15.1 Å². The van der Waals surface area contributed by atoms with Crippen molar-refractivity contribution < 1.29 is 18.7 Å². The van der Waals surface area contributed by atoms with Crippen molar-refractivity contribution >= 4 is 28.0 Å². The van der Waals surface area contributed by atoms with Crippen LogP contribution in [0.2, 0.25) is 0 Å². The van der Waals surface area contributed by atoms with Gasteiger partial charge in [0.05, 0.1) is 19.6 Å². The lowest BCUT2D eigenvalue weighted by molar-refractivity contribution is 0.112. The molecule has 21 heavy (non-hydrogen) atoms. The first kappa shape index (κ1) is 13.2. The third kappa shape index (κ3) is 2.03. The first-order valence-electron chi connectivity index (χ1n) is 6.25. The third-order valence-electron chi connectivity index (χ3n) is 3.36. The van der Waals surface area contributed by atoms with Crippen molar-refractivity contribution in [2.45, 2.75) is 0 Å². The molecule has 0 saturated heterocycles. The molecule has 0 atom stereocenters. The predicted molar refractivity (Wildman–Crippen MR) is 78.5 cm³/mol. The highest BCUT2D eigenvalue weighted by molar-refractivity contribution is 6.09. The minimum Gasteiger partial charge on any atom is -0.497 e. The molecule has 1 aromatic heterocycles. The first-order chi connectivity index (χ1) is 10.2. The second kappa shape index (κ2) is 4.94. The lowest BCUT2D eigenvalue weighted by Crippen LogP contribution is -2.02. The van der Waals surface area contributed by atoms with Gasteiger partial charge in [-0.2, -0.15) is 0 Å². The number of ether oxygens (including phenoxy) is 2. The van der Waals surface area contributed by atoms with Gasteiger partial charge in [-0.25, -0.2) is 4.79 Å². The molecule has 0 amide bonds. The Kier molecular flexibility index (Phi) is 3.10. The highest BCUT2D eigenvalue weighted by atomic mass is 16.5. The van der Waals surface area contributed by atoms with Crippen molar-refractivity contribution in [1.29, 1.82) is 0 Å². The van der Waals surface area contributed by atoms with E-state index in [9.17, 15) is 9.59 Å². The van der Waals surface area contributed by atoms with Crippen LogP contribution in [0.1, 0.15) is 10.4 Å². The summed E-state index contributed by atoms with van der Waals surface area (Å²) in [7, 11) is 3.03. The number of aldehydes is 1. The number of fused-ring (bicyclic) bond motifs is 3. The SMILES string of the molecule is COc1ccc2c(c1)oc(=O)c1cc(C=O)cc(OC)c12. The Morgan fingerprint density at radius 2 is 1.86 bits per heavy atom. The summed E-state index contributed by atoms with van der Waals surface area (Å²) in [5.41, 5.74) is 0.247. The van der Waals surface area contributed by atoms with Crippen molar-refractivity contribution in [3.63, 3.8) is 0 Å². The molecule has 3 rings (SSSR count). The molecule has 3 aromatic rings. The lowest BCUT2D eigenvalue weighted by Gasteiger charge is -2.09. The molecule has 0 spiro atoms. The smallest absolute Gasteiger partial charge is 0.344 e. The molecule has 0 radical (unpaired) electrons. The molecule has 0 aliphatic rings. The van der Waals surface area contributed by atoms with Gasteiger partial charge in [0.2, 0.25) is 0 Å². The van der Waals surface area contributed by atoms with E-state index in [2.05, 4.69) is 0 Å². The van der Waals surface area contributed by atoms with Crippen molar-refractivity contribution in [1.82, 2.24) is 0 Å². The Labute approximate surface area is 119 Å². The van der Waals surface area contributed by atoms with Gasteiger partial charge in [-0.05, 0) is 24.3 Å². The Morgan fingerprint density at radius 3 is 2.52 bits per heavy atom. The van der Waals surface area contributed by atoms with Gasteiger partial charge in [0.1, 0.15) is 23.4 Å². The maximum atomic E-state index is 12.1. The van der Waals surface area contributed by atoms with Crippen LogP contribution in [0.25, 0.3) is 21.7 Å². The summed E-state index contributed by atoms with van der Waals surface area (Å²) >= 11 is 0. The molecular weight excluding hydrogens is 272 g/mol. The quantitative estimate of drug-likeness (QED) is 0.420.